The smallest absolute Gasteiger partial charge is 0.223 e. The zero-order valence-corrected chi connectivity index (χ0v) is 15.4. The first-order valence-electron chi connectivity index (χ1n) is 9.80. The molecule has 1 amide bonds. The van der Waals surface area contributed by atoms with Crippen LogP contribution in [0.25, 0.3) is 10.8 Å². The molecule has 0 saturated heterocycles. The summed E-state index contributed by atoms with van der Waals surface area (Å²) < 4.78 is 0. The van der Waals surface area contributed by atoms with Crippen LogP contribution < -0.4 is 5.32 Å². The van der Waals surface area contributed by atoms with Crippen LogP contribution in [-0.4, -0.2) is 11.0 Å². The first kappa shape index (κ1) is 17.6. The van der Waals surface area contributed by atoms with Gasteiger partial charge in [0.15, 0.2) is 0 Å². The second-order valence-corrected chi connectivity index (χ2v) is 7.41. The minimum Gasteiger partial charge on any atom is -0.508 e. The molecule has 1 aliphatic rings. The van der Waals surface area contributed by atoms with Crippen LogP contribution in [0.15, 0.2) is 66.7 Å². The molecule has 4 rings (SSSR count). The summed E-state index contributed by atoms with van der Waals surface area (Å²) in [5.41, 5.74) is 1.75. The molecule has 3 heteroatoms. The van der Waals surface area contributed by atoms with Gasteiger partial charge in [-0.1, -0.05) is 79.9 Å². The van der Waals surface area contributed by atoms with Crippen molar-refractivity contribution in [1.82, 2.24) is 5.32 Å². The van der Waals surface area contributed by atoms with Gasteiger partial charge in [0, 0.05) is 11.5 Å². The van der Waals surface area contributed by atoms with Gasteiger partial charge in [-0.05, 0) is 35.2 Å². The number of benzene rings is 3. The largest absolute Gasteiger partial charge is 0.508 e. The lowest BCUT2D eigenvalue weighted by Gasteiger charge is -2.27. The Hall–Kier alpha value is -2.81. The molecular formula is C24H25NO2. The van der Waals surface area contributed by atoms with E-state index in [4.69, 9.17) is 0 Å². The van der Waals surface area contributed by atoms with E-state index in [1.165, 1.54) is 6.42 Å². The van der Waals surface area contributed by atoms with Crippen LogP contribution in [0, 0.1) is 5.92 Å². The number of rotatable bonds is 4. The van der Waals surface area contributed by atoms with Gasteiger partial charge in [0.05, 0.1) is 6.04 Å². The molecule has 3 aromatic rings. The van der Waals surface area contributed by atoms with E-state index in [2.05, 4.69) is 5.32 Å². The molecular weight excluding hydrogens is 334 g/mol. The fourth-order valence-electron chi connectivity index (χ4n) is 4.18. The van der Waals surface area contributed by atoms with Gasteiger partial charge in [0.2, 0.25) is 5.91 Å². The van der Waals surface area contributed by atoms with E-state index >= 15 is 0 Å². The highest BCUT2D eigenvalue weighted by Gasteiger charge is 2.27. The fraction of sp³-hybridized carbons (Fsp3) is 0.292. The summed E-state index contributed by atoms with van der Waals surface area (Å²) in [6.07, 6.45) is 5.36. The molecule has 0 bridgehead atoms. The molecule has 0 heterocycles. The highest BCUT2D eigenvalue weighted by molar-refractivity contribution is 5.89. The summed E-state index contributed by atoms with van der Waals surface area (Å²) in [6.45, 7) is 0. The van der Waals surface area contributed by atoms with Crippen LogP contribution in [0.4, 0.5) is 0 Å². The monoisotopic (exact) mass is 359 g/mol. The number of fused-ring (bicyclic) bond motifs is 1. The summed E-state index contributed by atoms with van der Waals surface area (Å²) >= 11 is 0. The van der Waals surface area contributed by atoms with Crippen molar-refractivity contribution >= 4 is 16.7 Å². The Morgan fingerprint density at radius 3 is 2.37 bits per heavy atom. The van der Waals surface area contributed by atoms with Crippen molar-refractivity contribution in [2.24, 2.45) is 5.92 Å². The molecule has 0 radical (unpaired) electrons. The Labute approximate surface area is 160 Å². The molecule has 0 spiro atoms. The molecule has 1 saturated carbocycles. The van der Waals surface area contributed by atoms with Crippen molar-refractivity contribution in [2.45, 2.75) is 38.1 Å². The lowest BCUT2D eigenvalue weighted by molar-refractivity contribution is -0.126. The van der Waals surface area contributed by atoms with Crippen LogP contribution in [0.5, 0.6) is 5.75 Å². The molecule has 1 aliphatic carbocycles. The van der Waals surface area contributed by atoms with Crippen molar-refractivity contribution in [3.8, 4) is 5.75 Å². The van der Waals surface area contributed by atoms with Crippen LogP contribution in [0.2, 0.25) is 0 Å². The summed E-state index contributed by atoms with van der Waals surface area (Å²) in [5.74, 6) is 0.379. The Bertz CT molecular complexity index is 930. The topological polar surface area (TPSA) is 49.3 Å². The minimum atomic E-state index is -0.369. The lowest BCUT2D eigenvalue weighted by atomic mass is 9.87. The van der Waals surface area contributed by atoms with E-state index in [1.807, 2.05) is 60.7 Å². The van der Waals surface area contributed by atoms with E-state index < -0.39 is 0 Å². The number of carbonyl (C=O) groups excluding carboxylic acids is 1. The van der Waals surface area contributed by atoms with E-state index in [9.17, 15) is 9.90 Å². The Kier molecular flexibility index (Phi) is 5.10. The second kappa shape index (κ2) is 7.83. The standard InChI is InChI=1S/C24H25NO2/c26-21-16-15-17-9-7-8-14-20(17)22(21)23(18-10-3-1-4-11-18)25-24(27)19-12-5-2-6-13-19/h1,3-4,7-11,14-16,19,23,26H,2,5-6,12-13H2,(H,25,27)/t23-/m1/s1. The molecule has 0 aliphatic heterocycles. The normalized spacial score (nSPS) is 16.1. The third-order valence-corrected chi connectivity index (χ3v) is 5.63. The maximum atomic E-state index is 13.0. The van der Waals surface area contributed by atoms with Gasteiger partial charge in [-0.2, -0.15) is 0 Å². The molecule has 27 heavy (non-hydrogen) atoms. The average molecular weight is 359 g/mol. The Morgan fingerprint density at radius 2 is 1.59 bits per heavy atom. The fourth-order valence-corrected chi connectivity index (χ4v) is 4.18. The summed E-state index contributed by atoms with van der Waals surface area (Å²) in [4.78, 5) is 13.0. The Morgan fingerprint density at radius 1 is 0.889 bits per heavy atom. The van der Waals surface area contributed by atoms with Crippen LogP contribution >= 0.6 is 0 Å². The van der Waals surface area contributed by atoms with Gasteiger partial charge >= 0.3 is 0 Å². The number of aromatic hydroxyl groups is 1. The quantitative estimate of drug-likeness (QED) is 0.661. The molecule has 1 atom stereocenters. The maximum Gasteiger partial charge on any atom is 0.223 e. The SMILES string of the molecule is O=C(N[C@H](c1ccccc1)c1c(O)ccc2ccccc12)C1CCCCC1. The summed E-state index contributed by atoms with van der Waals surface area (Å²) in [7, 11) is 0. The third-order valence-electron chi connectivity index (χ3n) is 5.63. The third kappa shape index (κ3) is 3.68. The first-order valence-corrected chi connectivity index (χ1v) is 9.80. The summed E-state index contributed by atoms with van der Waals surface area (Å²) in [5, 5.41) is 16.0. The van der Waals surface area contributed by atoms with E-state index in [1.54, 1.807) is 6.07 Å². The van der Waals surface area contributed by atoms with E-state index in [-0.39, 0.29) is 23.6 Å². The van der Waals surface area contributed by atoms with Crippen LogP contribution in [-0.2, 0) is 4.79 Å². The van der Waals surface area contributed by atoms with Gasteiger partial charge in [-0.15, -0.1) is 0 Å². The molecule has 0 unspecified atom stereocenters. The van der Waals surface area contributed by atoms with Crippen LogP contribution in [0.3, 0.4) is 0 Å². The second-order valence-electron chi connectivity index (χ2n) is 7.41. The molecule has 138 valence electrons. The van der Waals surface area contributed by atoms with Crippen molar-refractivity contribution < 1.29 is 9.90 Å². The lowest BCUT2D eigenvalue weighted by Crippen LogP contribution is -2.35. The number of amides is 1. The summed E-state index contributed by atoms with van der Waals surface area (Å²) in [6, 6.07) is 21.2. The Balaban J connectivity index is 1.77. The molecule has 0 aromatic heterocycles. The van der Waals surface area contributed by atoms with E-state index in [0.29, 0.717) is 0 Å². The van der Waals surface area contributed by atoms with Gasteiger partial charge in [0.25, 0.3) is 0 Å². The zero-order valence-electron chi connectivity index (χ0n) is 15.4. The molecule has 3 aromatic carbocycles. The number of carbonyl (C=O) groups is 1. The highest BCUT2D eigenvalue weighted by atomic mass is 16.3. The average Bonchev–Trinajstić information content (AvgIpc) is 2.73. The number of hydrogen-bond donors (Lipinski definition) is 2. The number of nitrogens with one attached hydrogen (secondary N) is 1. The predicted molar refractivity (Wildman–Crippen MR) is 109 cm³/mol. The van der Waals surface area contributed by atoms with Crippen molar-refractivity contribution in [1.29, 1.82) is 0 Å². The molecule has 2 N–H and O–H groups in total. The number of phenolic OH excluding ortho intramolecular Hbond substituents is 1. The number of phenols is 1. The van der Waals surface area contributed by atoms with Gasteiger partial charge in [0.1, 0.15) is 5.75 Å². The zero-order chi connectivity index (χ0) is 18.6. The van der Waals surface area contributed by atoms with Crippen molar-refractivity contribution in [3.05, 3.63) is 77.9 Å². The number of hydrogen-bond acceptors (Lipinski definition) is 2. The van der Waals surface area contributed by atoms with Gasteiger partial charge < -0.3 is 10.4 Å². The van der Waals surface area contributed by atoms with Gasteiger partial charge in [-0.3, -0.25) is 4.79 Å². The molecule has 1 fully saturated rings. The highest BCUT2D eigenvalue weighted by Crippen LogP contribution is 2.36. The molecule has 3 nitrogen and oxygen atoms in total. The first-order chi connectivity index (χ1) is 13.2. The van der Waals surface area contributed by atoms with Crippen molar-refractivity contribution in [2.75, 3.05) is 0 Å². The van der Waals surface area contributed by atoms with Crippen molar-refractivity contribution in [3.63, 3.8) is 0 Å². The maximum absolute atomic E-state index is 13.0. The van der Waals surface area contributed by atoms with Crippen LogP contribution in [0.1, 0.15) is 49.3 Å². The predicted octanol–water partition coefficient (Wildman–Crippen LogP) is 5.33. The van der Waals surface area contributed by atoms with Gasteiger partial charge in [-0.25, -0.2) is 0 Å². The van der Waals surface area contributed by atoms with E-state index in [0.717, 1.165) is 47.6 Å². The minimum absolute atomic E-state index is 0.0714.